The van der Waals surface area contributed by atoms with Gasteiger partial charge in [-0.15, -0.1) is 11.4 Å². The molecule has 19 nitrogen and oxygen atoms in total. The molecule has 1 aliphatic heterocycles. The fraction of sp³-hybridized carbons (Fsp3) is 0.161. The molecule has 82 heavy (non-hydrogen) atoms. The minimum absolute atomic E-state index is 0. The van der Waals surface area contributed by atoms with Crippen LogP contribution in [0.25, 0.3) is 44.8 Å². The predicted octanol–water partition coefficient (Wildman–Crippen LogP) is 12.3. The Morgan fingerprint density at radius 3 is 1.48 bits per heavy atom. The fourth-order valence-electron chi connectivity index (χ4n) is 9.02. The molecule has 8 aromatic rings. The maximum absolute atomic E-state index is 12.5. The van der Waals surface area contributed by atoms with Gasteiger partial charge in [0.15, 0.2) is 0 Å². The number of aryl methyl sites for hydroxylation is 2. The van der Waals surface area contributed by atoms with E-state index in [1.807, 2.05) is 24.3 Å². The number of anilines is 1. The zero-order chi connectivity index (χ0) is 57.7. The van der Waals surface area contributed by atoms with Gasteiger partial charge in [0, 0.05) is 64.8 Å². The summed E-state index contributed by atoms with van der Waals surface area (Å²) >= 11 is 0. The number of para-hydroxylation sites is 2. The first-order valence-corrected chi connectivity index (χ1v) is 26.0. The van der Waals surface area contributed by atoms with Crippen LogP contribution >= 0.6 is 0 Å². The van der Waals surface area contributed by atoms with Crippen molar-refractivity contribution in [2.75, 3.05) is 31.1 Å². The second-order valence-electron chi connectivity index (χ2n) is 18.1. The van der Waals surface area contributed by atoms with Crippen molar-refractivity contribution in [1.29, 1.82) is 0 Å². The molecule has 0 saturated carbocycles. The molecule has 1 aliphatic carbocycles. The van der Waals surface area contributed by atoms with Crippen LogP contribution in [0.2, 0.25) is 0 Å². The van der Waals surface area contributed by atoms with Crippen molar-refractivity contribution in [2.24, 2.45) is 20.5 Å². The van der Waals surface area contributed by atoms with E-state index in [0.29, 0.717) is 28.3 Å². The molecule has 2 aromatic heterocycles. The zero-order valence-electron chi connectivity index (χ0n) is 45.7. The molecular formula is C62H57CrN10O9-. The average molecular weight is 1140 g/mol. The van der Waals surface area contributed by atoms with Crippen molar-refractivity contribution in [3.63, 3.8) is 0 Å². The summed E-state index contributed by atoms with van der Waals surface area (Å²) in [6, 6.07) is 49.9. The standard InChI is InChI=1S/C28H30N2O3.2C17H13N4O3.Cr/c1-5-29(6-2)19-13-15-23-25(17-19)33-26-18-20(30(7-3)8-4)14-16-24(26)27(23)21-11-9-10-12-22(21)28(31)32;2*1-11-15(16(22)21(20-11)12-7-3-2-4-8-12)19-18-14-10-6-5-9-13(14)17(23)24;/h9-18H,5-8H2,1-4H3;2*2-10H,1H3,(H,23,24);/q;2*-1;/p+1. The molecule has 20 heteroatoms. The molecule has 0 bridgehead atoms. The number of hydrogen-bond donors (Lipinski definition) is 3. The number of azo groups is 2. The Morgan fingerprint density at radius 1 is 0.561 bits per heavy atom. The van der Waals surface area contributed by atoms with Crippen LogP contribution in [-0.2, 0) is 17.4 Å². The normalized spacial score (nSPS) is 11.0. The maximum atomic E-state index is 12.5. The molecule has 10 rings (SSSR count). The van der Waals surface area contributed by atoms with Gasteiger partial charge in [-0.2, -0.15) is 10.2 Å². The van der Waals surface area contributed by atoms with Crippen LogP contribution in [0.3, 0.4) is 0 Å². The third-order valence-corrected chi connectivity index (χ3v) is 13.1. The summed E-state index contributed by atoms with van der Waals surface area (Å²) in [7, 11) is 0. The van der Waals surface area contributed by atoms with Crippen molar-refractivity contribution < 1.29 is 51.5 Å². The van der Waals surface area contributed by atoms with Crippen molar-refractivity contribution in [1.82, 2.24) is 24.1 Å². The van der Waals surface area contributed by atoms with Crippen LogP contribution in [0.5, 0.6) is 0 Å². The first kappa shape index (κ1) is 59.6. The molecule has 0 spiro atoms. The molecule has 0 unspecified atom stereocenters. The second-order valence-corrected chi connectivity index (χ2v) is 18.1. The molecule has 0 saturated heterocycles. The Kier molecular flexibility index (Phi) is 19.8. The predicted molar refractivity (Wildman–Crippen MR) is 311 cm³/mol. The molecule has 0 amide bonds. The number of fused-ring (bicyclic) bond motifs is 2. The van der Waals surface area contributed by atoms with Gasteiger partial charge in [0.05, 0.1) is 45.5 Å². The summed E-state index contributed by atoms with van der Waals surface area (Å²) in [6.07, 6.45) is 0. The second kappa shape index (κ2) is 27.2. The van der Waals surface area contributed by atoms with E-state index in [1.54, 1.807) is 98.8 Å². The van der Waals surface area contributed by atoms with Gasteiger partial charge < -0.3 is 44.5 Å². The number of carbonyl (C=O) groups is 3. The van der Waals surface area contributed by atoms with Gasteiger partial charge in [-0.1, -0.05) is 104 Å². The molecule has 2 aliphatic rings. The van der Waals surface area contributed by atoms with Gasteiger partial charge in [-0.3, -0.25) is 0 Å². The number of hydrogen-bond acceptors (Lipinski definition) is 13. The molecule has 0 fully saturated rings. The van der Waals surface area contributed by atoms with E-state index in [2.05, 4.69) is 104 Å². The van der Waals surface area contributed by atoms with E-state index in [-0.39, 0.29) is 56.8 Å². The first-order valence-electron chi connectivity index (χ1n) is 26.0. The van der Waals surface area contributed by atoms with E-state index >= 15 is 0 Å². The number of benzene rings is 7. The molecule has 0 radical (unpaired) electrons. The van der Waals surface area contributed by atoms with Crippen molar-refractivity contribution in [3.8, 4) is 33.8 Å². The summed E-state index contributed by atoms with van der Waals surface area (Å²) in [5.74, 6) is -2.40. The third kappa shape index (κ3) is 13.2. The van der Waals surface area contributed by atoms with Crippen LogP contribution in [0.1, 0.15) is 70.2 Å². The first-order chi connectivity index (χ1) is 39.2. The number of rotatable bonds is 15. The zero-order valence-corrected chi connectivity index (χ0v) is 46.9. The number of nitrogens with zero attached hydrogens (tertiary/aromatic N) is 10. The van der Waals surface area contributed by atoms with Crippen LogP contribution < -0.4 is 26.0 Å². The van der Waals surface area contributed by atoms with Crippen LogP contribution in [0.15, 0.2) is 204 Å². The number of carboxylic acids is 3. The van der Waals surface area contributed by atoms with Crippen LogP contribution in [0, 0.1) is 13.8 Å². The van der Waals surface area contributed by atoms with E-state index < -0.39 is 29.0 Å². The molecule has 3 N–H and O–H groups in total. The Morgan fingerprint density at radius 2 is 1.01 bits per heavy atom. The van der Waals surface area contributed by atoms with Gasteiger partial charge in [-0.05, 0) is 106 Å². The quantitative estimate of drug-likeness (QED) is 0.0375. The Hall–Kier alpha value is -10.0. The Bertz CT molecular complexity index is 3970. The van der Waals surface area contributed by atoms with E-state index in [9.17, 15) is 29.1 Å². The van der Waals surface area contributed by atoms with Crippen molar-refractivity contribution in [3.05, 3.63) is 224 Å². The molecule has 416 valence electrons. The van der Waals surface area contributed by atoms with Gasteiger partial charge in [0.1, 0.15) is 35.6 Å². The average Bonchev–Trinajstić information content (AvgIpc) is 3.98. The summed E-state index contributed by atoms with van der Waals surface area (Å²) in [6.45, 7) is 15.4. The molecular weight excluding hydrogens is 1080 g/mol. The molecule has 6 aromatic carbocycles. The van der Waals surface area contributed by atoms with Crippen LogP contribution in [0.4, 0.5) is 28.4 Å². The summed E-state index contributed by atoms with van der Waals surface area (Å²) in [4.78, 5) is 61.6. The van der Waals surface area contributed by atoms with Gasteiger partial charge in [0.25, 0.3) is 0 Å². The minimum Gasteiger partial charge on any atom is -0.478 e. The van der Waals surface area contributed by atoms with Gasteiger partial charge >= 0.3 is 17.9 Å². The Balaban J connectivity index is 0.000000179. The van der Waals surface area contributed by atoms with E-state index in [1.165, 1.54) is 33.6 Å². The summed E-state index contributed by atoms with van der Waals surface area (Å²) in [5.41, 5.74) is 6.43. The summed E-state index contributed by atoms with van der Waals surface area (Å²) in [5, 5.41) is 54.2. The smallest absolute Gasteiger partial charge is 0.337 e. The number of aromatic carboxylic acids is 3. The fourth-order valence-corrected chi connectivity index (χ4v) is 9.02. The van der Waals surface area contributed by atoms with E-state index in [4.69, 9.17) is 14.6 Å². The Labute approximate surface area is 481 Å². The van der Waals surface area contributed by atoms with E-state index in [0.717, 1.165) is 65.1 Å². The van der Waals surface area contributed by atoms with Crippen molar-refractivity contribution >= 4 is 57.3 Å². The third-order valence-electron chi connectivity index (χ3n) is 13.1. The van der Waals surface area contributed by atoms with Crippen LogP contribution in [-0.4, -0.2) is 79.0 Å². The largest absolute Gasteiger partial charge is 0.478 e. The number of carboxylic acid groups (broad SMARTS) is 3. The van der Waals surface area contributed by atoms with Gasteiger partial charge in [-0.25, -0.2) is 38.5 Å². The minimum atomic E-state index is -1.11. The SMILES string of the molecule is CCN(CC)c1ccc2c(-c3ccccc3C(=O)O)c3ccc(=[N+](CC)CC)cc-3oc2c1.Cc1nn(-c2ccccc2)c(=O)[c-]1N=Nc1ccccc1C(=O)O.Cc1nn(-c2ccccc2)c(=O)[c-]1N=Nc1ccccc1C(=O)O.[Cr]. The van der Waals surface area contributed by atoms with Crippen molar-refractivity contribution in [2.45, 2.75) is 41.5 Å². The maximum Gasteiger partial charge on any atom is 0.337 e. The topological polar surface area (TPSA) is 251 Å². The molecule has 0 atom stereocenters. The molecule has 3 heterocycles. The van der Waals surface area contributed by atoms with Gasteiger partial charge in [0.2, 0.25) is 5.36 Å². The summed E-state index contributed by atoms with van der Waals surface area (Å²) < 4.78 is 11.2. The number of aromatic nitrogens is 4. The monoisotopic (exact) mass is 1140 g/mol.